The maximum Gasteiger partial charge on any atom is 0.232 e. The van der Waals surface area contributed by atoms with Crippen molar-refractivity contribution in [1.29, 1.82) is 5.26 Å². The van der Waals surface area contributed by atoms with E-state index in [1.54, 1.807) is 6.20 Å². The highest BCUT2D eigenvalue weighted by Crippen LogP contribution is 2.19. The van der Waals surface area contributed by atoms with E-state index in [1.165, 1.54) is 0 Å². The fourth-order valence-electron chi connectivity index (χ4n) is 1.23. The third kappa shape index (κ3) is 2.03. The van der Waals surface area contributed by atoms with E-state index in [0.717, 1.165) is 17.7 Å². The topological polar surface area (TPSA) is 49.6 Å². The van der Waals surface area contributed by atoms with Crippen LogP contribution >= 0.6 is 0 Å². The van der Waals surface area contributed by atoms with E-state index in [9.17, 15) is 0 Å². The first-order chi connectivity index (χ1) is 6.19. The Bertz CT molecular complexity index is 339. The molecule has 1 rings (SSSR count). The van der Waals surface area contributed by atoms with Crippen LogP contribution in [0.3, 0.4) is 0 Å². The van der Waals surface area contributed by atoms with Crippen molar-refractivity contribution in [2.45, 2.75) is 33.1 Å². The van der Waals surface area contributed by atoms with Gasteiger partial charge in [0.2, 0.25) is 5.82 Å². The van der Waals surface area contributed by atoms with Crippen molar-refractivity contribution in [2.24, 2.45) is 0 Å². The molecule has 1 unspecified atom stereocenters. The number of nitrogens with zero attached hydrogens (tertiary/aromatic N) is 3. The summed E-state index contributed by atoms with van der Waals surface area (Å²) < 4.78 is 0. The first-order valence-electron chi connectivity index (χ1n) is 4.42. The average Bonchev–Trinajstić information content (AvgIpc) is 2.16. The van der Waals surface area contributed by atoms with Gasteiger partial charge in [0.15, 0.2) is 0 Å². The Morgan fingerprint density at radius 2 is 2.31 bits per heavy atom. The quantitative estimate of drug-likeness (QED) is 0.692. The van der Waals surface area contributed by atoms with Crippen molar-refractivity contribution in [1.82, 2.24) is 9.97 Å². The lowest BCUT2D eigenvalue weighted by molar-refractivity contribution is 0.715. The second-order valence-corrected chi connectivity index (χ2v) is 3.16. The van der Waals surface area contributed by atoms with Gasteiger partial charge >= 0.3 is 0 Å². The number of nitriles is 1. The zero-order valence-electron chi connectivity index (χ0n) is 8.20. The average molecular weight is 175 g/mol. The summed E-state index contributed by atoms with van der Waals surface area (Å²) in [7, 11) is 0. The standard InChI is InChI=1S/C10H13N3/c1-4-7(2)9-6-12-10(5-11)13-8(9)3/h6-7H,4H2,1-3H3. The van der Waals surface area contributed by atoms with E-state index < -0.39 is 0 Å². The Hall–Kier alpha value is -1.43. The highest BCUT2D eigenvalue weighted by Gasteiger charge is 2.08. The fourth-order valence-corrected chi connectivity index (χ4v) is 1.23. The van der Waals surface area contributed by atoms with Gasteiger partial charge in [0.25, 0.3) is 0 Å². The van der Waals surface area contributed by atoms with Crippen molar-refractivity contribution in [3.05, 3.63) is 23.3 Å². The van der Waals surface area contributed by atoms with Crippen LogP contribution in [0, 0.1) is 18.3 Å². The van der Waals surface area contributed by atoms with Gasteiger partial charge in [0, 0.05) is 11.9 Å². The Morgan fingerprint density at radius 3 is 2.77 bits per heavy atom. The Morgan fingerprint density at radius 1 is 1.62 bits per heavy atom. The Balaban J connectivity index is 3.07. The van der Waals surface area contributed by atoms with Gasteiger partial charge in [-0.2, -0.15) is 5.26 Å². The molecule has 0 saturated carbocycles. The van der Waals surface area contributed by atoms with Crippen LogP contribution in [-0.2, 0) is 0 Å². The van der Waals surface area contributed by atoms with Crippen molar-refractivity contribution >= 4 is 0 Å². The molecular formula is C10H13N3. The van der Waals surface area contributed by atoms with Crippen LogP contribution in [0.4, 0.5) is 0 Å². The minimum Gasteiger partial charge on any atom is -0.227 e. The zero-order valence-corrected chi connectivity index (χ0v) is 8.20. The van der Waals surface area contributed by atoms with E-state index in [-0.39, 0.29) is 5.82 Å². The molecule has 3 nitrogen and oxygen atoms in total. The van der Waals surface area contributed by atoms with Crippen molar-refractivity contribution < 1.29 is 0 Å². The molecule has 1 atom stereocenters. The molecule has 0 aliphatic heterocycles. The zero-order chi connectivity index (χ0) is 9.84. The first-order valence-corrected chi connectivity index (χ1v) is 4.42. The van der Waals surface area contributed by atoms with Crippen molar-refractivity contribution in [3.63, 3.8) is 0 Å². The lowest BCUT2D eigenvalue weighted by Gasteiger charge is -2.10. The minimum absolute atomic E-state index is 0.254. The van der Waals surface area contributed by atoms with Crippen LogP contribution in [0.25, 0.3) is 0 Å². The number of rotatable bonds is 2. The third-order valence-electron chi connectivity index (χ3n) is 2.26. The molecule has 0 aliphatic rings. The molecule has 0 saturated heterocycles. The molecule has 0 aromatic carbocycles. The monoisotopic (exact) mass is 175 g/mol. The maximum absolute atomic E-state index is 8.57. The molecule has 13 heavy (non-hydrogen) atoms. The number of hydrogen-bond acceptors (Lipinski definition) is 3. The molecule has 0 aliphatic carbocycles. The summed E-state index contributed by atoms with van der Waals surface area (Å²) in [6.07, 6.45) is 2.82. The molecular weight excluding hydrogens is 162 g/mol. The van der Waals surface area contributed by atoms with Gasteiger partial charge in [-0.25, -0.2) is 9.97 Å². The SMILES string of the molecule is CCC(C)c1cnc(C#N)nc1C. The first kappa shape index (κ1) is 9.66. The fraction of sp³-hybridized carbons (Fsp3) is 0.500. The second-order valence-electron chi connectivity index (χ2n) is 3.16. The van der Waals surface area contributed by atoms with E-state index in [0.29, 0.717) is 5.92 Å². The van der Waals surface area contributed by atoms with Crippen LogP contribution in [0.15, 0.2) is 6.20 Å². The molecule has 0 amide bonds. The predicted molar refractivity (Wildman–Crippen MR) is 50.2 cm³/mol. The van der Waals surface area contributed by atoms with Gasteiger partial charge in [0.05, 0.1) is 0 Å². The van der Waals surface area contributed by atoms with E-state index in [4.69, 9.17) is 5.26 Å². The third-order valence-corrected chi connectivity index (χ3v) is 2.26. The summed E-state index contributed by atoms with van der Waals surface area (Å²) >= 11 is 0. The summed E-state index contributed by atoms with van der Waals surface area (Å²) in [5.74, 6) is 0.720. The lowest BCUT2D eigenvalue weighted by atomic mass is 9.99. The second kappa shape index (κ2) is 3.99. The molecule has 1 heterocycles. The van der Waals surface area contributed by atoms with Gasteiger partial charge < -0.3 is 0 Å². The van der Waals surface area contributed by atoms with Crippen LogP contribution < -0.4 is 0 Å². The molecule has 0 radical (unpaired) electrons. The lowest BCUT2D eigenvalue weighted by Crippen LogP contribution is -2.01. The van der Waals surface area contributed by atoms with Crippen molar-refractivity contribution in [3.8, 4) is 6.07 Å². The van der Waals surface area contributed by atoms with E-state index in [1.807, 2.05) is 13.0 Å². The molecule has 0 N–H and O–H groups in total. The maximum atomic E-state index is 8.57. The highest BCUT2D eigenvalue weighted by molar-refractivity contribution is 5.23. The van der Waals surface area contributed by atoms with Gasteiger partial charge in [-0.1, -0.05) is 13.8 Å². The molecule has 0 bridgehead atoms. The largest absolute Gasteiger partial charge is 0.232 e. The highest BCUT2D eigenvalue weighted by atomic mass is 14.9. The van der Waals surface area contributed by atoms with Gasteiger partial charge in [-0.15, -0.1) is 0 Å². The predicted octanol–water partition coefficient (Wildman–Crippen LogP) is 2.17. The molecule has 1 aromatic heterocycles. The molecule has 0 fully saturated rings. The summed E-state index contributed by atoms with van der Waals surface area (Å²) in [5, 5.41) is 8.57. The summed E-state index contributed by atoms with van der Waals surface area (Å²) in [5.41, 5.74) is 2.06. The normalized spacial score (nSPS) is 12.2. The van der Waals surface area contributed by atoms with Gasteiger partial charge in [0.1, 0.15) is 6.07 Å². The van der Waals surface area contributed by atoms with E-state index in [2.05, 4.69) is 23.8 Å². The summed E-state index contributed by atoms with van der Waals surface area (Å²) in [4.78, 5) is 8.04. The van der Waals surface area contributed by atoms with Crippen LogP contribution in [0.2, 0.25) is 0 Å². The van der Waals surface area contributed by atoms with Gasteiger partial charge in [-0.3, -0.25) is 0 Å². The number of hydrogen-bond donors (Lipinski definition) is 0. The molecule has 3 heteroatoms. The Kier molecular flexibility index (Phi) is 2.97. The van der Waals surface area contributed by atoms with Crippen LogP contribution in [0.1, 0.15) is 43.3 Å². The Labute approximate surface area is 78.5 Å². The minimum atomic E-state index is 0.254. The summed E-state index contributed by atoms with van der Waals surface area (Å²) in [6.45, 7) is 6.18. The molecule has 1 aromatic rings. The number of aromatic nitrogens is 2. The van der Waals surface area contributed by atoms with Crippen LogP contribution in [0.5, 0.6) is 0 Å². The van der Waals surface area contributed by atoms with Crippen LogP contribution in [-0.4, -0.2) is 9.97 Å². The number of aryl methyl sites for hydroxylation is 1. The van der Waals surface area contributed by atoms with Gasteiger partial charge in [-0.05, 0) is 24.8 Å². The molecule has 0 spiro atoms. The molecule has 68 valence electrons. The van der Waals surface area contributed by atoms with E-state index >= 15 is 0 Å². The van der Waals surface area contributed by atoms with Crippen molar-refractivity contribution in [2.75, 3.05) is 0 Å². The summed E-state index contributed by atoms with van der Waals surface area (Å²) in [6, 6.07) is 1.93. The smallest absolute Gasteiger partial charge is 0.227 e.